The topological polar surface area (TPSA) is 104 Å². The maximum Gasteiger partial charge on any atom is 0.329 e. The highest BCUT2D eigenvalue weighted by molar-refractivity contribution is 7.92. The third-order valence-electron chi connectivity index (χ3n) is 3.92. The molecule has 0 aliphatic heterocycles. The Bertz CT molecular complexity index is 919. The number of hydrogen-bond donors (Lipinski definition) is 0. The molecule has 0 heterocycles. The minimum Gasteiger partial charge on any atom is -0.426 e. The van der Waals surface area contributed by atoms with Crippen molar-refractivity contribution in [3.63, 3.8) is 0 Å². The Morgan fingerprint density at radius 3 is 2.23 bits per heavy atom. The standard InChI is InChI=1S/C18H19NO6S/c1-12(2)14-5-4-6-16(11-14)25-18(20)13(3)26(23,24)17-9-7-15(8-10-17)19(21)22/h4-13H,1-3H3/t13-/m0/s1. The van der Waals surface area contributed by atoms with Gasteiger partial charge in [0.15, 0.2) is 15.1 Å². The lowest BCUT2D eigenvalue weighted by atomic mass is 10.0. The number of rotatable bonds is 6. The van der Waals surface area contributed by atoms with E-state index in [0.717, 1.165) is 29.8 Å². The predicted octanol–water partition coefficient (Wildman–Crippen LogP) is 3.49. The maximum atomic E-state index is 12.5. The Balaban J connectivity index is 2.20. The van der Waals surface area contributed by atoms with Gasteiger partial charge in [-0.1, -0.05) is 26.0 Å². The average Bonchev–Trinajstić information content (AvgIpc) is 2.61. The summed E-state index contributed by atoms with van der Waals surface area (Å²) in [5.41, 5.74) is 0.728. The van der Waals surface area contributed by atoms with Crippen molar-refractivity contribution in [2.75, 3.05) is 0 Å². The summed E-state index contributed by atoms with van der Waals surface area (Å²) in [4.78, 5) is 22.1. The second-order valence-corrected chi connectivity index (χ2v) is 8.36. The molecule has 0 saturated carbocycles. The first kappa shape index (κ1) is 19.6. The van der Waals surface area contributed by atoms with E-state index in [1.54, 1.807) is 18.2 Å². The van der Waals surface area contributed by atoms with Crippen molar-refractivity contribution in [1.29, 1.82) is 0 Å². The highest BCUT2D eigenvalue weighted by Gasteiger charge is 2.32. The Morgan fingerprint density at radius 2 is 1.69 bits per heavy atom. The Hall–Kier alpha value is -2.74. The fourth-order valence-electron chi connectivity index (χ4n) is 2.22. The summed E-state index contributed by atoms with van der Waals surface area (Å²) >= 11 is 0. The lowest BCUT2D eigenvalue weighted by molar-refractivity contribution is -0.384. The molecule has 138 valence electrons. The van der Waals surface area contributed by atoms with Gasteiger partial charge < -0.3 is 4.74 Å². The molecule has 0 N–H and O–H groups in total. The van der Waals surface area contributed by atoms with E-state index >= 15 is 0 Å². The Morgan fingerprint density at radius 1 is 1.08 bits per heavy atom. The molecule has 2 aromatic rings. The van der Waals surface area contributed by atoms with E-state index in [-0.39, 0.29) is 22.3 Å². The zero-order chi connectivity index (χ0) is 19.5. The molecule has 1 atom stereocenters. The molecule has 2 aromatic carbocycles. The second kappa shape index (κ2) is 7.65. The number of hydrogen-bond acceptors (Lipinski definition) is 6. The number of nitrogens with zero attached hydrogens (tertiary/aromatic N) is 1. The molecule has 0 unspecified atom stereocenters. The van der Waals surface area contributed by atoms with Gasteiger partial charge in [-0.25, -0.2) is 8.42 Å². The largest absolute Gasteiger partial charge is 0.426 e. The Kier molecular flexibility index (Phi) is 5.76. The van der Waals surface area contributed by atoms with Gasteiger partial charge in [0.05, 0.1) is 9.82 Å². The van der Waals surface area contributed by atoms with Crippen LogP contribution in [0.4, 0.5) is 5.69 Å². The van der Waals surface area contributed by atoms with Crippen LogP contribution in [0.1, 0.15) is 32.3 Å². The van der Waals surface area contributed by atoms with Gasteiger partial charge in [0, 0.05) is 12.1 Å². The number of benzene rings is 2. The van der Waals surface area contributed by atoms with Crippen molar-refractivity contribution in [2.24, 2.45) is 0 Å². The van der Waals surface area contributed by atoms with Crippen LogP contribution in [0.3, 0.4) is 0 Å². The van der Waals surface area contributed by atoms with Crippen molar-refractivity contribution in [3.8, 4) is 5.75 Å². The summed E-state index contributed by atoms with van der Waals surface area (Å²) in [6, 6.07) is 11.3. The van der Waals surface area contributed by atoms with Crippen molar-refractivity contribution in [3.05, 3.63) is 64.2 Å². The summed E-state index contributed by atoms with van der Waals surface area (Å²) in [5.74, 6) is -0.411. The molecule has 0 fully saturated rings. The van der Waals surface area contributed by atoms with E-state index in [0.29, 0.717) is 0 Å². The monoisotopic (exact) mass is 377 g/mol. The SMILES string of the molecule is CC(C)c1cccc(OC(=O)[C@H](C)S(=O)(=O)c2ccc([N+](=O)[O-])cc2)c1. The molecular formula is C18H19NO6S. The lowest BCUT2D eigenvalue weighted by Crippen LogP contribution is -2.31. The van der Waals surface area contributed by atoms with Crippen LogP contribution in [-0.4, -0.2) is 24.6 Å². The van der Waals surface area contributed by atoms with Crippen LogP contribution in [-0.2, 0) is 14.6 Å². The van der Waals surface area contributed by atoms with Crippen LogP contribution < -0.4 is 4.74 Å². The summed E-state index contributed by atoms with van der Waals surface area (Å²) < 4.78 is 30.3. The zero-order valence-electron chi connectivity index (χ0n) is 14.6. The van der Waals surface area contributed by atoms with E-state index in [1.165, 1.54) is 6.92 Å². The number of nitro benzene ring substituents is 1. The fraction of sp³-hybridized carbons (Fsp3) is 0.278. The van der Waals surface area contributed by atoms with Gasteiger partial charge in [-0.2, -0.15) is 0 Å². The van der Waals surface area contributed by atoms with Gasteiger partial charge in [0.1, 0.15) is 5.75 Å². The quantitative estimate of drug-likeness (QED) is 0.330. The third-order valence-corrected chi connectivity index (χ3v) is 5.97. The minimum atomic E-state index is -4.02. The molecule has 0 bridgehead atoms. The highest BCUT2D eigenvalue weighted by atomic mass is 32.2. The van der Waals surface area contributed by atoms with Crippen molar-refractivity contribution in [1.82, 2.24) is 0 Å². The Labute approximate surface area is 151 Å². The number of carbonyl (C=O) groups excluding carboxylic acids is 1. The van der Waals surface area contributed by atoms with Gasteiger partial charge in [0.2, 0.25) is 0 Å². The predicted molar refractivity (Wildman–Crippen MR) is 95.9 cm³/mol. The van der Waals surface area contributed by atoms with Gasteiger partial charge in [-0.3, -0.25) is 14.9 Å². The van der Waals surface area contributed by atoms with Crippen LogP contribution >= 0.6 is 0 Å². The van der Waals surface area contributed by atoms with E-state index in [4.69, 9.17) is 4.74 Å². The summed E-state index contributed by atoms with van der Waals surface area (Å²) in [5, 5.41) is 9.21. The first-order valence-corrected chi connectivity index (χ1v) is 9.47. The van der Waals surface area contributed by atoms with E-state index in [9.17, 15) is 23.3 Å². The smallest absolute Gasteiger partial charge is 0.329 e. The van der Waals surface area contributed by atoms with Crippen molar-refractivity contribution >= 4 is 21.5 Å². The van der Waals surface area contributed by atoms with Crippen LogP contribution in [0.25, 0.3) is 0 Å². The van der Waals surface area contributed by atoms with Gasteiger partial charge in [-0.15, -0.1) is 0 Å². The minimum absolute atomic E-state index is 0.177. The van der Waals surface area contributed by atoms with E-state index in [1.807, 2.05) is 19.9 Å². The number of non-ortho nitro benzene ring substituents is 1. The summed E-state index contributed by atoms with van der Waals surface area (Å²) in [6.45, 7) is 5.20. The molecule has 0 aliphatic carbocycles. The molecule has 0 aliphatic rings. The number of carbonyl (C=O) groups is 1. The first-order chi connectivity index (χ1) is 12.1. The second-order valence-electron chi connectivity index (χ2n) is 6.09. The van der Waals surface area contributed by atoms with E-state index in [2.05, 4.69) is 0 Å². The third kappa shape index (κ3) is 4.26. The zero-order valence-corrected chi connectivity index (χ0v) is 15.4. The molecule has 0 amide bonds. The van der Waals surface area contributed by atoms with Gasteiger partial charge in [0.25, 0.3) is 5.69 Å². The number of sulfone groups is 1. The maximum absolute atomic E-state index is 12.5. The molecule has 0 spiro atoms. The molecule has 2 rings (SSSR count). The van der Waals surface area contributed by atoms with Crippen LogP contribution in [0.15, 0.2) is 53.4 Å². The molecule has 7 nitrogen and oxygen atoms in total. The molecule has 0 aromatic heterocycles. The molecule has 0 radical (unpaired) electrons. The van der Waals surface area contributed by atoms with Crippen LogP contribution in [0, 0.1) is 10.1 Å². The summed E-state index contributed by atoms with van der Waals surface area (Å²) in [6.07, 6.45) is 0. The molecular weight excluding hydrogens is 358 g/mol. The number of esters is 1. The molecule has 8 heteroatoms. The lowest BCUT2D eigenvalue weighted by Gasteiger charge is -2.13. The summed E-state index contributed by atoms with van der Waals surface area (Å²) in [7, 11) is -4.02. The van der Waals surface area contributed by atoms with Crippen molar-refractivity contribution < 1.29 is 22.9 Å². The highest BCUT2D eigenvalue weighted by Crippen LogP contribution is 2.23. The molecule has 0 saturated heterocycles. The van der Waals surface area contributed by atoms with E-state index < -0.39 is 26.0 Å². The fourth-order valence-corrected chi connectivity index (χ4v) is 3.45. The molecule has 26 heavy (non-hydrogen) atoms. The normalized spacial score (nSPS) is 12.6. The average molecular weight is 377 g/mol. The number of nitro groups is 1. The number of ether oxygens (including phenoxy) is 1. The van der Waals surface area contributed by atoms with Gasteiger partial charge in [-0.05, 0) is 42.7 Å². The van der Waals surface area contributed by atoms with Crippen LogP contribution in [0.5, 0.6) is 5.75 Å². The van der Waals surface area contributed by atoms with Crippen LogP contribution in [0.2, 0.25) is 0 Å². The first-order valence-electron chi connectivity index (χ1n) is 7.93. The van der Waals surface area contributed by atoms with Crippen molar-refractivity contribution in [2.45, 2.75) is 36.8 Å². The van der Waals surface area contributed by atoms with Gasteiger partial charge >= 0.3 is 5.97 Å².